The van der Waals surface area contributed by atoms with Gasteiger partial charge in [0.05, 0.1) is 23.5 Å². The van der Waals surface area contributed by atoms with E-state index in [1.165, 1.54) is 0 Å². The molecule has 5 heteroatoms. The quantitative estimate of drug-likeness (QED) is 0.948. The molecule has 1 aromatic heterocycles. The van der Waals surface area contributed by atoms with Crippen LogP contribution in [0.1, 0.15) is 21.7 Å². The fourth-order valence-corrected chi connectivity index (χ4v) is 1.90. The van der Waals surface area contributed by atoms with Gasteiger partial charge in [-0.25, -0.2) is 0 Å². The van der Waals surface area contributed by atoms with Gasteiger partial charge >= 0.3 is 0 Å². The zero-order valence-corrected chi connectivity index (χ0v) is 11.4. The van der Waals surface area contributed by atoms with E-state index in [1.807, 2.05) is 37.3 Å². The van der Waals surface area contributed by atoms with Crippen LogP contribution in [0.4, 0.5) is 0 Å². The fraction of sp³-hybridized carbons (Fsp3) is 0.154. The Labute approximate surface area is 114 Å². The van der Waals surface area contributed by atoms with Crippen molar-refractivity contribution in [2.24, 2.45) is 0 Å². The number of carbonyl (C=O) groups is 1. The summed E-state index contributed by atoms with van der Waals surface area (Å²) in [6, 6.07) is 11.0. The van der Waals surface area contributed by atoms with Gasteiger partial charge in [0.15, 0.2) is 0 Å². The van der Waals surface area contributed by atoms with Crippen LogP contribution in [0, 0.1) is 6.92 Å². The zero-order chi connectivity index (χ0) is 13.0. The Hall–Kier alpha value is -1.75. The Morgan fingerprint density at radius 3 is 2.67 bits per heavy atom. The predicted molar refractivity (Wildman–Crippen MR) is 72.1 cm³/mol. The SMILES string of the molecule is Cc1ccc(CNC(=O)c2ccccc2Br)nn1. The molecule has 0 unspecified atom stereocenters. The molecule has 1 amide bonds. The highest BCUT2D eigenvalue weighted by atomic mass is 79.9. The molecule has 18 heavy (non-hydrogen) atoms. The second kappa shape index (κ2) is 5.73. The van der Waals surface area contributed by atoms with Crippen LogP contribution < -0.4 is 5.32 Å². The van der Waals surface area contributed by atoms with Crippen molar-refractivity contribution in [3.05, 3.63) is 57.8 Å². The fourth-order valence-electron chi connectivity index (χ4n) is 1.43. The number of halogens is 1. The lowest BCUT2D eigenvalue weighted by Gasteiger charge is -2.06. The number of hydrogen-bond acceptors (Lipinski definition) is 3. The summed E-state index contributed by atoms with van der Waals surface area (Å²) >= 11 is 3.34. The van der Waals surface area contributed by atoms with Crippen LogP contribution in [0.15, 0.2) is 40.9 Å². The molecule has 2 aromatic rings. The van der Waals surface area contributed by atoms with Gasteiger partial charge in [-0.2, -0.15) is 10.2 Å². The maximum Gasteiger partial charge on any atom is 0.252 e. The monoisotopic (exact) mass is 305 g/mol. The van der Waals surface area contributed by atoms with E-state index in [2.05, 4.69) is 31.4 Å². The van der Waals surface area contributed by atoms with Crippen molar-refractivity contribution in [2.75, 3.05) is 0 Å². The topological polar surface area (TPSA) is 54.9 Å². The molecule has 1 aromatic carbocycles. The van der Waals surface area contributed by atoms with Gasteiger partial charge in [0.25, 0.3) is 5.91 Å². The number of carbonyl (C=O) groups excluding carboxylic acids is 1. The van der Waals surface area contributed by atoms with Crippen LogP contribution >= 0.6 is 15.9 Å². The Morgan fingerprint density at radius 2 is 2.00 bits per heavy atom. The van der Waals surface area contributed by atoms with Gasteiger partial charge in [0.2, 0.25) is 0 Å². The van der Waals surface area contributed by atoms with Crippen molar-refractivity contribution in [3.63, 3.8) is 0 Å². The lowest BCUT2D eigenvalue weighted by molar-refractivity contribution is 0.0949. The molecule has 1 heterocycles. The first kappa shape index (κ1) is 12.7. The number of aromatic nitrogens is 2. The summed E-state index contributed by atoms with van der Waals surface area (Å²) in [6.45, 7) is 2.24. The minimum Gasteiger partial charge on any atom is -0.346 e. The zero-order valence-electron chi connectivity index (χ0n) is 9.85. The third kappa shape index (κ3) is 3.13. The van der Waals surface area contributed by atoms with Crippen LogP contribution in [-0.4, -0.2) is 16.1 Å². The molecule has 0 atom stereocenters. The van der Waals surface area contributed by atoms with Crippen LogP contribution in [-0.2, 0) is 6.54 Å². The molecule has 0 aliphatic rings. The molecule has 0 aliphatic carbocycles. The standard InChI is InChI=1S/C13H12BrN3O/c1-9-6-7-10(17-16-9)8-15-13(18)11-4-2-3-5-12(11)14/h2-7H,8H2,1H3,(H,15,18). The van der Waals surface area contributed by atoms with Crippen molar-refractivity contribution in [3.8, 4) is 0 Å². The van der Waals surface area contributed by atoms with E-state index < -0.39 is 0 Å². The average Bonchev–Trinajstić information content (AvgIpc) is 2.38. The molecule has 0 bridgehead atoms. The maximum atomic E-state index is 11.9. The number of aryl methyl sites for hydroxylation is 1. The highest BCUT2D eigenvalue weighted by Crippen LogP contribution is 2.15. The molecule has 1 N–H and O–H groups in total. The number of nitrogens with one attached hydrogen (secondary N) is 1. The van der Waals surface area contributed by atoms with E-state index in [0.717, 1.165) is 15.9 Å². The maximum absolute atomic E-state index is 11.9. The molecular formula is C13H12BrN3O. The lowest BCUT2D eigenvalue weighted by atomic mass is 10.2. The van der Waals surface area contributed by atoms with E-state index in [-0.39, 0.29) is 5.91 Å². The van der Waals surface area contributed by atoms with Crippen LogP contribution in [0.25, 0.3) is 0 Å². The van der Waals surface area contributed by atoms with E-state index in [9.17, 15) is 4.79 Å². The summed E-state index contributed by atoms with van der Waals surface area (Å²) in [4.78, 5) is 11.9. The summed E-state index contributed by atoms with van der Waals surface area (Å²) in [5, 5.41) is 10.7. The molecular weight excluding hydrogens is 294 g/mol. The van der Waals surface area contributed by atoms with Gasteiger partial charge in [-0.05, 0) is 47.1 Å². The third-order valence-electron chi connectivity index (χ3n) is 2.40. The summed E-state index contributed by atoms with van der Waals surface area (Å²) < 4.78 is 0.775. The number of rotatable bonds is 3. The van der Waals surface area contributed by atoms with Gasteiger partial charge < -0.3 is 5.32 Å². The van der Waals surface area contributed by atoms with E-state index in [4.69, 9.17) is 0 Å². The van der Waals surface area contributed by atoms with Gasteiger partial charge in [-0.1, -0.05) is 12.1 Å². The highest BCUT2D eigenvalue weighted by molar-refractivity contribution is 9.10. The van der Waals surface area contributed by atoms with Crippen molar-refractivity contribution in [1.82, 2.24) is 15.5 Å². The molecule has 0 saturated heterocycles. The van der Waals surface area contributed by atoms with Crippen molar-refractivity contribution in [1.29, 1.82) is 0 Å². The number of benzene rings is 1. The van der Waals surface area contributed by atoms with Crippen molar-refractivity contribution < 1.29 is 4.79 Å². The molecule has 0 saturated carbocycles. The smallest absolute Gasteiger partial charge is 0.252 e. The predicted octanol–water partition coefficient (Wildman–Crippen LogP) is 2.48. The van der Waals surface area contributed by atoms with Gasteiger partial charge in [0.1, 0.15) is 0 Å². The minimum atomic E-state index is -0.134. The summed E-state index contributed by atoms with van der Waals surface area (Å²) in [5.74, 6) is -0.134. The van der Waals surface area contributed by atoms with E-state index >= 15 is 0 Å². The summed E-state index contributed by atoms with van der Waals surface area (Å²) in [7, 11) is 0. The largest absolute Gasteiger partial charge is 0.346 e. The van der Waals surface area contributed by atoms with Gasteiger partial charge in [0, 0.05) is 4.47 Å². The van der Waals surface area contributed by atoms with Gasteiger partial charge in [-0.15, -0.1) is 0 Å². The summed E-state index contributed by atoms with van der Waals surface area (Å²) in [5.41, 5.74) is 2.20. The third-order valence-corrected chi connectivity index (χ3v) is 3.09. The normalized spacial score (nSPS) is 10.1. The number of hydrogen-bond donors (Lipinski definition) is 1. The van der Waals surface area contributed by atoms with Crippen LogP contribution in [0.5, 0.6) is 0 Å². The molecule has 4 nitrogen and oxygen atoms in total. The molecule has 0 aliphatic heterocycles. The van der Waals surface area contributed by atoms with E-state index in [1.54, 1.807) is 6.07 Å². The molecule has 0 radical (unpaired) electrons. The first-order valence-corrected chi connectivity index (χ1v) is 6.28. The summed E-state index contributed by atoms with van der Waals surface area (Å²) in [6.07, 6.45) is 0. The molecule has 2 rings (SSSR count). The molecule has 0 fully saturated rings. The second-order valence-electron chi connectivity index (χ2n) is 3.83. The highest BCUT2D eigenvalue weighted by Gasteiger charge is 2.08. The second-order valence-corrected chi connectivity index (χ2v) is 4.68. The van der Waals surface area contributed by atoms with Gasteiger partial charge in [-0.3, -0.25) is 4.79 Å². The molecule has 0 spiro atoms. The number of amides is 1. The van der Waals surface area contributed by atoms with Crippen molar-refractivity contribution in [2.45, 2.75) is 13.5 Å². The van der Waals surface area contributed by atoms with E-state index in [0.29, 0.717) is 12.1 Å². The molecule has 92 valence electrons. The first-order valence-electron chi connectivity index (χ1n) is 5.49. The van der Waals surface area contributed by atoms with Crippen LogP contribution in [0.2, 0.25) is 0 Å². The Morgan fingerprint density at radius 1 is 1.22 bits per heavy atom. The van der Waals surface area contributed by atoms with Crippen molar-refractivity contribution >= 4 is 21.8 Å². The number of nitrogens with zero attached hydrogens (tertiary/aromatic N) is 2. The van der Waals surface area contributed by atoms with Crippen LogP contribution in [0.3, 0.4) is 0 Å². The first-order chi connectivity index (χ1) is 8.66. The Kier molecular flexibility index (Phi) is 4.04. The lowest BCUT2D eigenvalue weighted by Crippen LogP contribution is -2.23. The minimum absolute atomic E-state index is 0.134. The Balaban J connectivity index is 2.01. The Bertz CT molecular complexity index is 554. The average molecular weight is 306 g/mol.